The van der Waals surface area contributed by atoms with Crippen LogP contribution in [0.5, 0.6) is 0 Å². The average Bonchev–Trinajstić information content (AvgIpc) is 3.06. The van der Waals surface area contributed by atoms with E-state index in [9.17, 15) is 18.0 Å². The molecule has 2 N–H and O–H groups in total. The third kappa shape index (κ3) is 4.94. The van der Waals surface area contributed by atoms with E-state index in [2.05, 4.69) is 17.8 Å². The lowest BCUT2D eigenvalue weighted by Crippen LogP contribution is -2.42. The highest BCUT2D eigenvalue weighted by molar-refractivity contribution is 7.89. The molecule has 1 aromatic heterocycles. The molecule has 1 aromatic carbocycles. The first kappa shape index (κ1) is 23.3. The van der Waals surface area contributed by atoms with Crippen LogP contribution in [0.1, 0.15) is 51.7 Å². The highest BCUT2D eigenvalue weighted by Gasteiger charge is 2.30. The fourth-order valence-corrected chi connectivity index (χ4v) is 5.63. The third-order valence-corrected chi connectivity index (χ3v) is 7.97. The van der Waals surface area contributed by atoms with Gasteiger partial charge in [0.05, 0.1) is 9.92 Å². The summed E-state index contributed by atoms with van der Waals surface area (Å²) in [6, 6.07) is 4.45. The Morgan fingerprint density at radius 3 is 2.26 bits per heavy atom. The zero-order chi connectivity index (χ0) is 22.9. The van der Waals surface area contributed by atoms with Gasteiger partial charge in [-0.3, -0.25) is 20.4 Å². The van der Waals surface area contributed by atoms with Crippen molar-refractivity contribution in [1.82, 2.24) is 19.7 Å². The van der Waals surface area contributed by atoms with E-state index in [1.54, 1.807) is 33.2 Å². The number of hydrogen-bond acceptors (Lipinski definition) is 4. The van der Waals surface area contributed by atoms with Gasteiger partial charge in [-0.15, -0.1) is 0 Å². The van der Waals surface area contributed by atoms with Gasteiger partial charge in [-0.2, -0.15) is 4.31 Å². The monoisotopic (exact) mass is 466 g/mol. The molecule has 0 bridgehead atoms. The Morgan fingerprint density at radius 1 is 1.06 bits per heavy atom. The minimum Gasteiger partial charge on any atom is -0.345 e. The van der Waals surface area contributed by atoms with Crippen molar-refractivity contribution >= 4 is 33.4 Å². The normalized spacial score (nSPS) is 15.6. The number of carbonyl (C=O) groups excluding carboxylic acids is 2. The topological polar surface area (TPSA) is 101 Å². The predicted molar refractivity (Wildman–Crippen MR) is 118 cm³/mol. The number of aryl methyl sites for hydroxylation is 2. The molecule has 2 heterocycles. The summed E-state index contributed by atoms with van der Waals surface area (Å²) in [5.41, 5.74) is 6.38. The smallest absolute Gasteiger partial charge is 0.286 e. The van der Waals surface area contributed by atoms with Crippen molar-refractivity contribution in [2.75, 3.05) is 13.1 Å². The summed E-state index contributed by atoms with van der Waals surface area (Å²) < 4.78 is 29.5. The van der Waals surface area contributed by atoms with Gasteiger partial charge >= 0.3 is 0 Å². The van der Waals surface area contributed by atoms with Crippen LogP contribution in [0.25, 0.3) is 0 Å². The molecule has 1 saturated heterocycles. The molecule has 0 aliphatic carbocycles. The van der Waals surface area contributed by atoms with E-state index >= 15 is 0 Å². The second kappa shape index (κ2) is 9.02. The number of piperidine rings is 1. The fourth-order valence-electron chi connectivity index (χ4n) is 3.59. The van der Waals surface area contributed by atoms with Crippen molar-refractivity contribution in [2.45, 2.75) is 38.5 Å². The van der Waals surface area contributed by atoms with Crippen molar-refractivity contribution in [3.8, 4) is 0 Å². The number of hydrogen-bond donors (Lipinski definition) is 2. The van der Waals surface area contributed by atoms with E-state index in [-0.39, 0.29) is 16.2 Å². The molecule has 31 heavy (non-hydrogen) atoms. The number of carbonyl (C=O) groups is 2. The van der Waals surface area contributed by atoms with E-state index in [0.29, 0.717) is 35.2 Å². The number of halogens is 1. The predicted octanol–water partition coefficient (Wildman–Crippen LogP) is 2.79. The molecule has 8 nitrogen and oxygen atoms in total. The Labute approximate surface area is 187 Å². The maximum Gasteiger partial charge on any atom is 0.286 e. The Hall–Kier alpha value is -2.36. The molecule has 0 radical (unpaired) electrons. The molecule has 0 atom stereocenters. The number of sulfonamides is 1. The highest BCUT2D eigenvalue weighted by Crippen LogP contribution is 2.28. The van der Waals surface area contributed by atoms with Crippen LogP contribution in [0.3, 0.4) is 0 Å². The first-order chi connectivity index (χ1) is 14.5. The average molecular weight is 467 g/mol. The lowest BCUT2D eigenvalue weighted by Gasteiger charge is -2.30. The van der Waals surface area contributed by atoms with Gasteiger partial charge in [0.1, 0.15) is 5.69 Å². The Morgan fingerprint density at radius 2 is 1.68 bits per heavy atom. The van der Waals surface area contributed by atoms with E-state index in [4.69, 9.17) is 11.6 Å². The molecule has 0 unspecified atom stereocenters. The van der Waals surface area contributed by atoms with Crippen LogP contribution in [-0.2, 0) is 17.1 Å². The van der Waals surface area contributed by atoms with Gasteiger partial charge in [-0.25, -0.2) is 8.42 Å². The molecule has 0 spiro atoms. The van der Waals surface area contributed by atoms with Crippen molar-refractivity contribution in [2.24, 2.45) is 13.0 Å². The van der Waals surface area contributed by atoms with Gasteiger partial charge in [-0.05, 0) is 61.9 Å². The van der Waals surface area contributed by atoms with Crippen LogP contribution in [0.15, 0.2) is 29.3 Å². The van der Waals surface area contributed by atoms with Crippen LogP contribution in [0, 0.1) is 19.8 Å². The van der Waals surface area contributed by atoms with Crippen LogP contribution in [-0.4, -0.2) is 42.2 Å². The summed E-state index contributed by atoms with van der Waals surface area (Å²) in [5, 5.41) is 0.398. The van der Waals surface area contributed by atoms with Crippen molar-refractivity contribution < 1.29 is 18.0 Å². The summed E-state index contributed by atoms with van der Waals surface area (Å²) in [7, 11) is -2.07. The molecule has 10 heteroatoms. The summed E-state index contributed by atoms with van der Waals surface area (Å²) in [6.07, 6.45) is 3.19. The number of hydrazine groups is 1. The van der Waals surface area contributed by atoms with Gasteiger partial charge in [0.25, 0.3) is 11.8 Å². The SMILES string of the molecule is Cc1cc(C(=O)NNC(=O)c2cc(Cl)cn2C)cc(S(=O)(=O)N2CCC(C)CC2)c1C. The quantitative estimate of drug-likeness (QED) is 0.676. The summed E-state index contributed by atoms with van der Waals surface area (Å²) >= 11 is 5.88. The Bertz CT molecular complexity index is 1120. The van der Waals surface area contributed by atoms with Gasteiger partial charge in [0.2, 0.25) is 10.0 Å². The van der Waals surface area contributed by atoms with Crippen LogP contribution in [0.4, 0.5) is 0 Å². The van der Waals surface area contributed by atoms with Gasteiger partial charge in [0, 0.05) is 31.9 Å². The van der Waals surface area contributed by atoms with Gasteiger partial charge in [-0.1, -0.05) is 18.5 Å². The maximum absolute atomic E-state index is 13.2. The molecular weight excluding hydrogens is 440 g/mol. The zero-order valence-corrected chi connectivity index (χ0v) is 19.6. The Kier molecular flexibility index (Phi) is 6.78. The first-order valence-corrected chi connectivity index (χ1v) is 11.9. The van der Waals surface area contributed by atoms with Crippen LogP contribution in [0.2, 0.25) is 5.02 Å². The molecule has 0 saturated carbocycles. The highest BCUT2D eigenvalue weighted by atomic mass is 35.5. The lowest BCUT2D eigenvalue weighted by molar-refractivity contribution is 0.0842. The molecule has 1 aliphatic heterocycles. The minimum absolute atomic E-state index is 0.118. The lowest BCUT2D eigenvalue weighted by atomic mass is 10.0. The zero-order valence-electron chi connectivity index (χ0n) is 18.0. The van der Waals surface area contributed by atoms with E-state index < -0.39 is 21.8 Å². The molecule has 2 aromatic rings. The molecule has 1 aliphatic rings. The number of nitrogens with zero attached hydrogens (tertiary/aromatic N) is 2. The van der Waals surface area contributed by atoms with Crippen LogP contribution >= 0.6 is 11.6 Å². The molecule has 168 valence electrons. The number of rotatable bonds is 4. The standard InChI is InChI=1S/C21H27ClN4O4S/c1-13-5-7-26(8-6-13)31(29,30)19-10-16(9-14(2)15(19)3)20(27)23-24-21(28)18-11-17(22)12-25(18)4/h9-13H,5-8H2,1-4H3,(H,23,27)(H,24,28). The first-order valence-electron chi connectivity index (χ1n) is 10.0. The van der Waals surface area contributed by atoms with E-state index in [1.807, 2.05) is 0 Å². The van der Waals surface area contributed by atoms with E-state index in [0.717, 1.165) is 12.8 Å². The number of aromatic nitrogens is 1. The van der Waals surface area contributed by atoms with Crippen molar-refractivity contribution in [1.29, 1.82) is 0 Å². The van der Waals surface area contributed by atoms with Crippen molar-refractivity contribution in [3.63, 3.8) is 0 Å². The van der Waals surface area contributed by atoms with Gasteiger partial charge in [0.15, 0.2) is 0 Å². The Balaban J connectivity index is 1.80. The minimum atomic E-state index is -3.72. The summed E-state index contributed by atoms with van der Waals surface area (Å²) in [4.78, 5) is 25.1. The molecule has 1 fully saturated rings. The number of nitrogens with one attached hydrogen (secondary N) is 2. The maximum atomic E-state index is 13.2. The molecule has 3 rings (SSSR count). The molecular formula is C21H27ClN4O4S. The number of benzene rings is 1. The van der Waals surface area contributed by atoms with Crippen molar-refractivity contribution in [3.05, 3.63) is 51.8 Å². The summed E-state index contributed by atoms with van der Waals surface area (Å²) in [6.45, 7) is 6.54. The summed E-state index contributed by atoms with van der Waals surface area (Å²) in [5.74, 6) is -0.656. The molecule has 2 amide bonds. The van der Waals surface area contributed by atoms with Crippen LogP contribution < -0.4 is 10.9 Å². The number of amides is 2. The van der Waals surface area contributed by atoms with E-state index in [1.165, 1.54) is 21.0 Å². The largest absolute Gasteiger partial charge is 0.345 e. The third-order valence-electron chi connectivity index (χ3n) is 5.74. The second-order valence-electron chi connectivity index (χ2n) is 8.07. The van der Waals surface area contributed by atoms with Gasteiger partial charge < -0.3 is 4.57 Å². The fraction of sp³-hybridized carbons (Fsp3) is 0.429. The second-order valence-corrected chi connectivity index (χ2v) is 10.4.